The summed E-state index contributed by atoms with van der Waals surface area (Å²) in [6.45, 7) is 4.69. The van der Waals surface area contributed by atoms with Crippen LogP contribution in [-0.2, 0) is 6.42 Å². The van der Waals surface area contributed by atoms with Gasteiger partial charge in [-0.3, -0.25) is 0 Å². The Bertz CT molecular complexity index is 635. The molecular formula is C17H22Cl2N2. The summed E-state index contributed by atoms with van der Waals surface area (Å²) in [5.74, 6) is 3.23. The zero-order chi connectivity index (χ0) is 15.0. The lowest BCUT2D eigenvalue weighted by Crippen LogP contribution is -2.18. The van der Waals surface area contributed by atoms with Crippen molar-refractivity contribution in [3.63, 3.8) is 0 Å². The number of halogens is 2. The third-order valence-corrected chi connectivity index (χ3v) is 5.51. The molecule has 0 bridgehead atoms. The number of imidazole rings is 1. The number of hydrogen-bond donors (Lipinski definition) is 0. The minimum Gasteiger partial charge on any atom is -0.325 e. The molecule has 1 aromatic carbocycles. The second kappa shape index (κ2) is 6.18. The van der Waals surface area contributed by atoms with Crippen molar-refractivity contribution < 1.29 is 0 Å². The molecule has 1 fully saturated rings. The molecule has 0 spiro atoms. The molecule has 2 nitrogen and oxygen atoms in total. The van der Waals surface area contributed by atoms with Crippen molar-refractivity contribution in [1.82, 2.24) is 9.55 Å². The Labute approximate surface area is 136 Å². The van der Waals surface area contributed by atoms with Gasteiger partial charge >= 0.3 is 0 Å². The van der Waals surface area contributed by atoms with Crippen molar-refractivity contribution in [2.24, 2.45) is 11.8 Å². The van der Waals surface area contributed by atoms with E-state index in [4.69, 9.17) is 28.2 Å². The lowest BCUT2D eigenvalue weighted by atomic mass is 9.93. The molecule has 21 heavy (non-hydrogen) atoms. The third-order valence-electron chi connectivity index (χ3n) is 5.08. The molecule has 3 rings (SSSR count). The topological polar surface area (TPSA) is 17.8 Å². The first-order valence-electron chi connectivity index (χ1n) is 7.88. The van der Waals surface area contributed by atoms with Gasteiger partial charge in [0.15, 0.2) is 0 Å². The molecule has 3 unspecified atom stereocenters. The smallest absolute Gasteiger partial charge is 0.111 e. The van der Waals surface area contributed by atoms with Gasteiger partial charge in [0.25, 0.3) is 0 Å². The highest BCUT2D eigenvalue weighted by atomic mass is 35.5. The van der Waals surface area contributed by atoms with Gasteiger partial charge in [-0.2, -0.15) is 0 Å². The lowest BCUT2D eigenvalue weighted by Gasteiger charge is -2.23. The Morgan fingerprint density at radius 3 is 2.81 bits per heavy atom. The van der Waals surface area contributed by atoms with Crippen molar-refractivity contribution in [2.75, 3.05) is 5.88 Å². The van der Waals surface area contributed by atoms with Crippen LogP contribution in [0.3, 0.4) is 0 Å². The molecule has 1 aliphatic rings. The lowest BCUT2D eigenvalue weighted by molar-refractivity contribution is 0.329. The van der Waals surface area contributed by atoms with Gasteiger partial charge in [-0.05, 0) is 42.9 Å². The second-order valence-corrected chi connectivity index (χ2v) is 6.96. The fourth-order valence-electron chi connectivity index (χ4n) is 3.92. The van der Waals surface area contributed by atoms with Crippen molar-refractivity contribution in [2.45, 2.75) is 45.6 Å². The number of nitrogens with zero attached hydrogens (tertiary/aromatic N) is 2. The zero-order valence-corrected chi connectivity index (χ0v) is 14.2. The summed E-state index contributed by atoms with van der Waals surface area (Å²) >= 11 is 12.1. The summed E-state index contributed by atoms with van der Waals surface area (Å²) in [6, 6.07) is 6.57. The first kappa shape index (κ1) is 15.2. The van der Waals surface area contributed by atoms with E-state index in [1.807, 2.05) is 12.1 Å². The maximum absolute atomic E-state index is 6.12. The van der Waals surface area contributed by atoms with Gasteiger partial charge in [0, 0.05) is 23.4 Å². The molecule has 1 aromatic heterocycles. The summed E-state index contributed by atoms with van der Waals surface area (Å²) in [4.78, 5) is 4.79. The molecule has 0 saturated heterocycles. The van der Waals surface area contributed by atoms with E-state index in [1.165, 1.54) is 24.8 Å². The Balaban J connectivity index is 2.09. The van der Waals surface area contributed by atoms with E-state index in [9.17, 15) is 0 Å². The van der Waals surface area contributed by atoms with Crippen LogP contribution in [0.2, 0.25) is 5.02 Å². The molecule has 0 aliphatic heterocycles. The number of fused-ring (bicyclic) bond motifs is 1. The molecule has 1 saturated carbocycles. The van der Waals surface area contributed by atoms with Gasteiger partial charge < -0.3 is 4.57 Å². The average molecular weight is 325 g/mol. The molecular weight excluding hydrogens is 303 g/mol. The molecule has 2 aromatic rings. The normalized spacial score (nSPS) is 25.8. The number of hydrogen-bond acceptors (Lipinski definition) is 1. The summed E-state index contributed by atoms with van der Waals surface area (Å²) in [5.41, 5.74) is 2.20. The minimum absolute atomic E-state index is 0.541. The van der Waals surface area contributed by atoms with E-state index in [1.54, 1.807) is 0 Å². The standard InChI is InChI=1S/C17H22Cl2N2/c1-3-12-4-6-15(11(12)2)21-16-7-5-13(19)10-14(16)20-17(21)8-9-18/h5,7,10-12,15H,3-4,6,8-9H2,1-2H3. The Hall–Kier alpha value is -0.730. The van der Waals surface area contributed by atoms with Gasteiger partial charge in [-0.1, -0.05) is 31.9 Å². The van der Waals surface area contributed by atoms with E-state index in [-0.39, 0.29) is 0 Å². The van der Waals surface area contributed by atoms with E-state index in [0.717, 1.165) is 28.7 Å². The molecule has 114 valence electrons. The third kappa shape index (κ3) is 2.68. The van der Waals surface area contributed by atoms with Crippen LogP contribution in [0, 0.1) is 11.8 Å². The molecule has 0 radical (unpaired) electrons. The number of aryl methyl sites for hydroxylation is 1. The summed E-state index contributed by atoms with van der Waals surface area (Å²) in [7, 11) is 0. The van der Waals surface area contributed by atoms with Crippen LogP contribution >= 0.6 is 23.2 Å². The van der Waals surface area contributed by atoms with E-state index >= 15 is 0 Å². The van der Waals surface area contributed by atoms with Crippen molar-refractivity contribution in [3.8, 4) is 0 Å². The fourth-order valence-corrected chi connectivity index (χ4v) is 4.25. The first-order valence-corrected chi connectivity index (χ1v) is 8.79. The average Bonchev–Trinajstić information content (AvgIpc) is 2.98. The highest BCUT2D eigenvalue weighted by Gasteiger charge is 2.34. The summed E-state index contributed by atoms with van der Waals surface area (Å²) < 4.78 is 2.44. The van der Waals surface area contributed by atoms with Crippen molar-refractivity contribution >= 4 is 34.2 Å². The van der Waals surface area contributed by atoms with Crippen molar-refractivity contribution in [3.05, 3.63) is 29.0 Å². The Morgan fingerprint density at radius 2 is 2.14 bits per heavy atom. The Morgan fingerprint density at radius 1 is 1.33 bits per heavy atom. The zero-order valence-electron chi connectivity index (χ0n) is 12.6. The predicted molar refractivity (Wildman–Crippen MR) is 90.4 cm³/mol. The fraction of sp³-hybridized carbons (Fsp3) is 0.588. The number of rotatable bonds is 4. The number of benzene rings is 1. The van der Waals surface area contributed by atoms with Crippen LogP contribution in [0.5, 0.6) is 0 Å². The summed E-state index contributed by atoms with van der Waals surface area (Å²) in [5, 5.41) is 0.746. The van der Waals surface area contributed by atoms with Gasteiger partial charge in [0.05, 0.1) is 11.0 Å². The molecule has 0 amide bonds. The van der Waals surface area contributed by atoms with Crippen LogP contribution in [0.4, 0.5) is 0 Å². The van der Waals surface area contributed by atoms with E-state index in [0.29, 0.717) is 17.8 Å². The van der Waals surface area contributed by atoms with Crippen LogP contribution in [0.1, 0.15) is 45.0 Å². The Kier molecular flexibility index (Phi) is 4.46. The molecule has 3 atom stereocenters. The highest BCUT2D eigenvalue weighted by Crippen LogP contribution is 2.43. The van der Waals surface area contributed by atoms with E-state index < -0.39 is 0 Å². The van der Waals surface area contributed by atoms with Crippen molar-refractivity contribution in [1.29, 1.82) is 0 Å². The first-order chi connectivity index (χ1) is 10.2. The maximum atomic E-state index is 6.12. The largest absolute Gasteiger partial charge is 0.325 e. The number of aromatic nitrogens is 2. The van der Waals surface area contributed by atoms with Gasteiger partial charge in [0.2, 0.25) is 0 Å². The predicted octanol–water partition coefficient (Wildman–Crippen LogP) is 5.47. The van der Waals surface area contributed by atoms with Gasteiger partial charge in [-0.15, -0.1) is 11.6 Å². The van der Waals surface area contributed by atoms with Gasteiger partial charge in [0.1, 0.15) is 5.82 Å². The highest BCUT2D eigenvalue weighted by molar-refractivity contribution is 6.31. The number of alkyl halides is 1. The molecule has 1 aliphatic carbocycles. The van der Waals surface area contributed by atoms with E-state index in [2.05, 4.69) is 24.5 Å². The molecule has 1 heterocycles. The SMILES string of the molecule is CCC1CCC(n2c(CCCl)nc3cc(Cl)ccc32)C1C. The maximum Gasteiger partial charge on any atom is 0.111 e. The molecule has 0 N–H and O–H groups in total. The van der Waals surface area contributed by atoms with Crippen LogP contribution < -0.4 is 0 Å². The summed E-state index contributed by atoms with van der Waals surface area (Å²) in [6.07, 6.45) is 4.63. The minimum atomic E-state index is 0.541. The quantitative estimate of drug-likeness (QED) is 0.682. The van der Waals surface area contributed by atoms with Crippen LogP contribution in [-0.4, -0.2) is 15.4 Å². The molecule has 4 heteroatoms. The van der Waals surface area contributed by atoms with Crippen LogP contribution in [0.25, 0.3) is 11.0 Å². The second-order valence-electron chi connectivity index (χ2n) is 6.14. The van der Waals surface area contributed by atoms with Crippen LogP contribution in [0.15, 0.2) is 18.2 Å². The van der Waals surface area contributed by atoms with Gasteiger partial charge in [-0.25, -0.2) is 4.98 Å². The monoisotopic (exact) mass is 324 g/mol.